The van der Waals surface area contributed by atoms with E-state index >= 15 is 0 Å². The van der Waals surface area contributed by atoms with Crippen molar-refractivity contribution >= 4 is 0 Å². The lowest BCUT2D eigenvalue weighted by Gasteiger charge is -2.31. The van der Waals surface area contributed by atoms with Gasteiger partial charge in [0.1, 0.15) is 0 Å². The summed E-state index contributed by atoms with van der Waals surface area (Å²) in [6.07, 6.45) is 5.86. The summed E-state index contributed by atoms with van der Waals surface area (Å²) in [6.45, 7) is 10.9. The van der Waals surface area contributed by atoms with Crippen LogP contribution in [0.4, 0.5) is 0 Å². The van der Waals surface area contributed by atoms with Crippen molar-refractivity contribution < 1.29 is 9.47 Å². The standard InChI is InChI=1S/C14H29NO2/c1-4-6-9-15(13(3)5-2)10-8-14-16-11-7-12-17-14/h13-14H,4-12H2,1-3H3. The van der Waals surface area contributed by atoms with Crippen molar-refractivity contribution in [3.8, 4) is 0 Å². The van der Waals surface area contributed by atoms with Gasteiger partial charge in [0, 0.05) is 19.0 Å². The maximum Gasteiger partial charge on any atom is 0.158 e. The van der Waals surface area contributed by atoms with Crippen molar-refractivity contribution in [3.63, 3.8) is 0 Å². The van der Waals surface area contributed by atoms with Gasteiger partial charge in [0.25, 0.3) is 0 Å². The van der Waals surface area contributed by atoms with Gasteiger partial charge in [0.05, 0.1) is 13.2 Å². The predicted molar refractivity (Wildman–Crippen MR) is 71.2 cm³/mol. The van der Waals surface area contributed by atoms with E-state index in [1.807, 2.05) is 0 Å². The van der Waals surface area contributed by atoms with E-state index in [9.17, 15) is 0 Å². The molecule has 0 radical (unpaired) electrons. The van der Waals surface area contributed by atoms with Crippen LogP contribution < -0.4 is 0 Å². The van der Waals surface area contributed by atoms with Gasteiger partial charge in [0.2, 0.25) is 0 Å². The summed E-state index contributed by atoms with van der Waals surface area (Å²) in [5, 5.41) is 0. The highest BCUT2D eigenvalue weighted by Gasteiger charge is 2.17. The van der Waals surface area contributed by atoms with Crippen molar-refractivity contribution in [2.75, 3.05) is 26.3 Å². The first-order chi connectivity index (χ1) is 8.27. The Morgan fingerprint density at radius 1 is 1.18 bits per heavy atom. The zero-order chi connectivity index (χ0) is 12.5. The maximum absolute atomic E-state index is 5.60. The molecule has 0 saturated carbocycles. The summed E-state index contributed by atoms with van der Waals surface area (Å²) < 4.78 is 11.2. The minimum Gasteiger partial charge on any atom is -0.353 e. The summed E-state index contributed by atoms with van der Waals surface area (Å²) >= 11 is 0. The van der Waals surface area contributed by atoms with E-state index in [1.165, 1.54) is 25.8 Å². The van der Waals surface area contributed by atoms with Gasteiger partial charge in [-0.05, 0) is 32.7 Å². The molecule has 0 aromatic carbocycles. The average Bonchev–Trinajstić information content (AvgIpc) is 2.39. The van der Waals surface area contributed by atoms with E-state index in [0.29, 0.717) is 6.04 Å². The molecule has 1 fully saturated rings. The Bertz CT molecular complexity index is 181. The zero-order valence-electron chi connectivity index (χ0n) is 11.8. The van der Waals surface area contributed by atoms with Gasteiger partial charge >= 0.3 is 0 Å². The van der Waals surface area contributed by atoms with E-state index < -0.39 is 0 Å². The quantitative estimate of drug-likeness (QED) is 0.654. The first-order valence-corrected chi connectivity index (χ1v) is 7.25. The number of hydrogen-bond acceptors (Lipinski definition) is 3. The first-order valence-electron chi connectivity index (χ1n) is 7.25. The van der Waals surface area contributed by atoms with Crippen LogP contribution >= 0.6 is 0 Å². The molecule has 0 spiro atoms. The van der Waals surface area contributed by atoms with Gasteiger partial charge in [0.15, 0.2) is 6.29 Å². The van der Waals surface area contributed by atoms with Crippen LogP contribution in [0.25, 0.3) is 0 Å². The fourth-order valence-electron chi connectivity index (χ4n) is 2.15. The molecule has 0 aromatic heterocycles. The molecule has 3 heteroatoms. The first kappa shape index (κ1) is 14.9. The second-order valence-corrected chi connectivity index (χ2v) is 4.96. The van der Waals surface area contributed by atoms with Crippen LogP contribution in [0, 0.1) is 0 Å². The molecule has 0 aromatic rings. The zero-order valence-corrected chi connectivity index (χ0v) is 11.8. The maximum atomic E-state index is 5.60. The van der Waals surface area contributed by atoms with E-state index in [1.54, 1.807) is 0 Å². The SMILES string of the molecule is CCCCN(CCC1OCCCO1)C(C)CC. The smallest absolute Gasteiger partial charge is 0.158 e. The second-order valence-electron chi connectivity index (χ2n) is 4.96. The van der Waals surface area contributed by atoms with Gasteiger partial charge < -0.3 is 14.4 Å². The molecule has 1 unspecified atom stereocenters. The Hall–Kier alpha value is -0.120. The molecule has 1 saturated heterocycles. The molecule has 17 heavy (non-hydrogen) atoms. The molecule has 1 rings (SSSR count). The van der Waals surface area contributed by atoms with E-state index in [4.69, 9.17) is 9.47 Å². The largest absolute Gasteiger partial charge is 0.353 e. The topological polar surface area (TPSA) is 21.7 Å². The van der Waals surface area contributed by atoms with Crippen LogP contribution in [0.1, 0.15) is 52.9 Å². The van der Waals surface area contributed by atoms with Crippen LogP contribution in [0.2, 0.25) is 0 Å². The highest BCUT2D eigenvalue weighted by molar-refractivity contribution is 4.67. The third kappa shape index (κ3) is 5.84. The molecule has 102 valence electrons. The summed E-state index contributed by atoms with van der Waals surface area (Å²) in [4.78, 5) is 2.57. The van der Waals surface area contributed by atoms with Gasteiger partial charge in [-0.3, -0.25) is 0 Å². The fourth-order valence-corrected chi connectivity index (χ4v) is 2.15. The molecule has 3 nitrogen and oxygen atoms in total. The van der Waals surface area contributed by atoms with Crippen molar-refractivity contribution in [2.24, 2.45) is 0 Å². The lowest BCUT2D eigenvalue weighted by Crippen LogP contribution is -2.37. The number of nitrogens with zero attached hydrogens (tertiary/aromatic N) is 1. The van der Waals surface area contributed by atoms with Crippen LogP contribution in [-0.2, 0) is 9.47 Å². The molecular formula is C14H29NO2. The normalized spacial score (nSPS) is 19.8. The van der Waals surface area contributed by atoms with E-state index in [-0.39, 0.29) is 6.29 Å². The molecule has 1 atom stereocenters. The van der Waals surface area contributed by atoms with Gasteiger partial charge in [-0.1, -0.05) is 20.3 Å². The van der Waals surface area contributed by atoms with Crippen LogP contribution in [0.15, 0.2) is 0 Å². The van der Waals surface area contributed by atoms with Gasteiger partial charge in [-0.15, -0.1) is 0 Å². The number of rotatable bonds is 8. The van der Waals surface area contributed by atoms with Crippen LogP contribution in [0.3, 0.4) is 0 Å². The summed E-state index contributed by atoms with van der Waals surface area (Å²) in [6, 6.07) is 0.671. The molecule has 1 aliphatic heterocycles. The molecule has 0 bridgehead atoms. The van der Waals surface area contributed by atoms with Crippen molar-refractivity contribution in [1.29, 1.82) is 0 Å². The van der Waals surface area contributed by atoms with Crippen molar-refractivity contribution in [1.82, 2.24) is 4.90 Å². The third-order valence-electron chi connectivity index (χ3n) is 3.56. The number of ether oxygens (including phenoxy) is 2. The Labute approximate surface area is 106 Å². The van der Waals surface area contributed by atoms with Gasteiger partial charge in [-0.2, -0.15) is 0 Å². The molecule has 1 aliphatic rings. The molecular weight excluding hydrogens is 214 g/mol. The predicted octanol–water partition coefficient (Wildman–Crippen LogP) is 3.04. The van der Waals surface area contributed by atoms with Crippen molar-refractivity contribution in [3.05, 3.63) is 0 Å². The Morgan fingerprint density at radius 3 is 2.47 bits per heavy atom. The van der Waals surface area contributed by atoms with Crippen molar-refractivity contribution in [2.45, 2.75) is 65.2 Å². The minimum absolute atomic E-state index is 0.0388. The van der Waals surface area contributed by atoms with Crippen LogP contribution in [0.5, 0.6) is 0 Å². The van der Waals surface area contributed by atoms with Gasteiger partial charge in [-0.25, -0.2) is 0 Å². The van der Waals surface area contributed by atoms with E-state index in [0.717, 1.165) is 32.6 Å². The molecule has 0 aliphatic carbocycles. The molecule has 0 amide bonds. The Balaban J connectivity index is 2.26. The lowest BCUT2D eigenvalue weighted by atomic mass is 10.2. The summed E-state index contributed by atoms with van der Waals surface area (Å²) in [7, 11) is 0. The number of unbranched alkanes of at least 4 members (excludes halogenated alkanes) is 1. The minimum atomic E-state index is 0.0388. The average molecular weight is 243 g/mol. The lowest BCUT2D eigenvalue weighted by molar-refractivity contribution is -0.183. The fraction of sp³-hybridized carbons (Fsp3) is 1.00. The highest BCUT2D eigenvalue weighted by atomic mass is 16.7. The third-order valence-corrected chi connectivity index (χ3v) is 3.56. The van der Waals surface area contributed by atoms with Crippen LogP contribution in [-0.4, -0.2) is 43.5 Å². The second kappa shape index (κ2) is 8.90. The molecule has 0 N–H and O–H groups in total. The Kier molecular flexibility index (Phi) is 7.82. The van der Waals surface area contributed by atoms with E-state index in [2.05, 4.69) is 25.7 Å². The highest BCUT2D eigenvalue weighted by Crippen LogP contribution is 2.12. The molecule has 1 heterocycles. The Morgan fingerprint density at radius 2 is 1.88 bits per heavy atom. The monoisotopic (exact) mass is 243 g/mol. The summed E-state index contributed by atoms with van der Waals surface area (Å²) in [5.74, 6) is 0. The number of hydrogen-bond donors (Lipinski definition) is 0. The summed E-state index contributed by atoms with van der Waals surface area (Å²) in [5.41, 5.74) is 0.